The second kappa shape index (κ2) is 9.25. The molecule has 0 aliphatic carbocycles. The van der Waals surface area contributed by atoms with Crippen molar-refractivity contribution in [1.82, 2.24) is 25.2 Å². The number of nitrogens with zero attached hydrogens (tertiary/aromatic N) is 4. The molecule has 0 saturated carbocycles. The second-order valence-corrected chi connectivity index (χ2v) is 7.12. The summed E-state index contributed by atoms with van der Waals surface area (Å²) in [6, 6.07) is 4.71. The van der Waals surface area contributed by atoms with Crippen LogP contribution in [-0.2, 0) is 11.3 Å². The van der Waals surface area contributed by atoms with Crippen LogP contribution in [0.3, 0.4) is 0 Å². The monoisotopic (exact) mass is 394 g/mol. The highest BCUT2D eigenvalue weighted by Gasteiger charge is 2.23. The Bertz CT molecular complexity index is 783. The maximum Gasteiger partial charge on any atom is 0.221 e. The number of rotatable bonds is 7. The van der Waals surface area contributed by atoms with Gasteiger partial charge in [0.15, 0.2) is 0 Å². The number of aromatic nitrogens is 3. The number of hydrogen-bond acceptors (Lipinski definition) is 5. The van der Waals surface area contributed by atoms with Gasteiger partial charge in [0, 0.05) is 32.1 Å². The Morgan fingerprint density at radius 2 is 2.26 bits per heavy atom. The third-order valence-corrected chi connectivity index (χ3v) is 5.02. The van der Waals surface area contributed by atoms with E-state index in [0.29, 0.717) is 31.7 Å². The zero-order valence-corrected chi connectivity index (χ0v) is 15.8. The largest absolute Gasteiger partial charge is 0.354 e. The molecule has 1 fully saturated rings. The Kier molecular flexibility index (Phi) is 6.76. The van der Waals surface area contributed by atoms with E-state index in [1.165, 1.54) is 12.1 Å². The third kappa shape index (κ3) is 5.24. The predicted octanol–water partition coefficient (Wildman–Crippen LogP) is 1.88. The van der Waals surface area contributed by atoms with Crippen molar-refractivity contribution in [1.29, 1.82) is 0 Å². The van der Waals surface area contributed by atoms with E-state index in [1.807, 2.05) is 6.20 Å². The first-order chi connectivity index (χ1) is 13.1. The van der Waals surface area contributed by atoms with Gasteiger partial charge >= 0.3 is 0 Å². The number of nitrogens with one attached hydrogen (secondary N) is 1. The molecule has 3 rings (SSSR count). The van der Waals surface area contributed by atoms with Gasteiger partial charge in [-0.25, -0.2) is 9.07 Å². The summed E-state index contributed by atoms with van der Waals surface area (Å²) in [4.78, 5) is 14.0. The molecule has 0 radical (unpaired) electrons. The lowest BCUT2D eigenvalue weighted by atomic mass is 10.0. The van der Waals surface area contributed by atoms with E-state index in [2.05, 4.69) is 20.5 Å². The first kappa shape index (κ1) is 19.7. The van der Waals surface area contributed by atoms with Gasteiger partial charge in [0.1, 0.15) is 5.82 Å². The molecule has 3 N–H and O–H groups in total. The third-order valence-electron chi connectivity index (χ3n) is 4.73. The van der Waals surface area contributed by atoms with Gasteiger partial charge in [-0.1, -0.05) is 23.2 Å². The molecule has 27 heavy (non-hydrogen) atoms. The summed E-state index contributed by atoms with van der Waals surface area (Å²) >= 11 is 5.84. The molecule has 1 atom stereocenters. The average molecular weight is 395 g/mol. The SMILES string of the molecule is NCCC(=O)NCC1CCCCN1Cc1cn(-c2ccc(F)c(Cl)c2)nn1. The normalized spacial score (nSPS) is 17.8. The molecule has 2 aromatic rings. The number of piperidine rings is 1. The van der Waals surface area contributed by atoms with Crippen molar-refractivity contribution in [2.24, 2.45) is 5.73 Å². The summed E-state index contributed by atoms with van der Waals surface area (Å²) < 4.78 is 14.9. The minimum Gasteiger partial charge on any atom is -0.354 e. The Morgan fingerprint density at radius 1 is 1.41 bits per heavy atom. The molecule has 2 heterocycles. The number of carbonyl (C=O) groups excluding carboxylic acids is 1. The van der Waals surface area contributed by atoms with Crippen LogP contribution < -0.4 is 11.1 Å². The molecule has 7 nitrogen and oxygen atoms in total. The van der Waals surface area contributed by atoms with E-state index in [0.717, 1.165) is 31.5 Å². The van der Waals surface area contributed by atoms with E-state index in [9.17, 15) is 9.18 Å². The number of likely N-dealkylation sites (tertiary alicyclic amines) is 1. The first-order valence-electron chi connectivity index (χ1n) is 9.14. The molecular weight excluding hydrogens is 371 g/mol. The maximum absolute atomic E-state index is 13.3. The van der Waals surface area contributed by atoms with Gasteiger partial charge in [-0.15, -0.1) is 5.10 Å². The summed E-state index contributed by atoms with van der Waals surface area (Å²) in [5, 5.41) is 11.4. The molecule has 1 aliphatic heterocycles. The van der Waals surface area contributed by atoms with Gasteiger partial charge in [0.05, 0.1) is 22.6 Å². The number of nitrogens with two attached hydrogens (primary N) is 1. The van der Waals surface area contributed by atoms with Gasteiger partial charge in [-0.3, -0.25) is 9.69 Å². The van der Waals surface area contributed by atoms with E-state index in [1.54, 1.807) is 10.7 Å². The van der Waals surface area contributed by atoms with E-state index in [4.69, 9.17) is 17.3 Å². The summed E-state index contributed by atoms with van der Waals surface area (Å²) in [5.41, 5.74) is 6.89. The maximum atomic E-state index is 13.3. The van der Waals surface area contributed by atoms with Gasteiger partial charge in [0.25, 0.3) is 0 Å². The van der Waals surface area contributed by atoms with E-state index >= 15 is 0 Å². The number of benzene rings is 1. The van der Waals surface area contributed by atoms with Crippen LogP contribution >= 0.6 is 11.6 Å². The van der Waals surface area contributed by atoms with E-state index in [-0.39, 0.29) is 17.0 Å². The number of amides is 1. The highest BCUT2D eigenvalue weighted by atomic mass is 35.5. The fraction of sp³-hybridized carbons (Fsp3) is 0.500. The van der Waals surface area contributed by atoms with Gasteiger partial charge < -0.3 is 11.1 Å². The summed E-state index contributed by atoms with van der Waals surface area (Å²) in [5.74, 6) is -0.476. The highest BCUT2D eigenvalue weighted by Crippen LogP contribution is 2.21. The molecule has 1 aromatic carbocycles. The van der Waals surface area contributed by atoms with Gasteiger partial charge in [-0.2, -0.15) is 0 Å². The quantitative estimate of drug-likeness (QED) is 0.748. The smallest absolute Gasteiger partial charge is 0.221 e. The van der Waals surface area contributed by atoms with Crippen LogP contribution in [0.2, 0.25) is 5.02 Å². The van der Waals surface area contributed by atoms with Crippen LogP contribution in [0.15, 0.2) is 24.4 Å². The molecule has 146 valence electrons. The van der Waals surface area contributed by atoms with Crippen LogP contribution in [0.5, 0.6) is 0 Å². The zero-order chi connectivity index (χ0) is 19.2. The van der Waals surface area contributed by atoms with Crippen LogP contribution in [0.4, 0.5) is 4.39 Å². The molecule has 1 saturated heterocycles. The standard InChI is InChI=1S/C18H24ClFN6O/c19-16-9-14(4-5-17(16)20)26-12-13(23-24-26)11-25-8-2-1-3-15(25)10-22-18(27)6-7-21/h4-5,9,12,15H,1-3,6-8,10-11,21H2,(H,22,27). The molecule has 0 spiro atoms. The van der Waals surface area contributed by atoms with Crippen molar-refractivity contribution in [3.63, 3.8) is 0 Å². The lowest BCUT2D eigenvalue weighted by Crippen LogP contribution is -2.46. The van der Waals surface area contributed by atoms with Crippen molar-refractivity contribution in [2.45, 2.75) is 38.3 Å². The predicted molar refractivity (Wildman–Crippen MR) is 101 cm³/mol. The molecule has 1 amide bonds. The molecular formula is C18H24ClFN6O. The number of halogens is 2. The number of hydrogen-bond donors (Lipinski definition) is 2. The van der Waals surface area contributed by atoms with Crippen molar-refractivity contribution in [2.75, 3.05) is 19.6 Å². The Morgan fingerprint density at radius 3 is 3.04 bits per heavy atom. The zero-order valence-electron chi connectivity index (χ0n) is 15.1. The van der Waals surface area contributed by atoms with Crippen molar-refractivity contribution in [3.05, 3.63) is 40.9 Å². The lowest BCUT2D eigenvalue weighted by molar-refractivity contribution is -0.121. The van der Waals surface area contributed by atoms with Gasteiger partial charge in [0.2, 0.25) is 5.91 Å². The highest BCUT2D eigenvalue weighted by molar-refractivity contribution is 6.30. The minimum absolute atomic E-state index is 0.0119. The van der Waals surface area contributed by atoms with Crippen molar-refractivity contribution >= 4 is 17.5 Å². The minimum atomic E-state index is -0.464. The van der Waals surface area contributed by atoms with E-state index < -0.39 is 5.82 Å². The summed E-state index contributed by atoms with van der Waals surface area (Å²) in [6.07, 6.45) is 5.47. The van der Waals surface area contributed by atoms with Crippen molar-refractivity contribution in [3.8, 4) is 5.69 Å². The molecule has 1 unspecified atom stereocenters. The summed E-state index contributed by atoms with van der Waals surface area (Å²) in [7, 11) is 0. The molecule has 9 heteroatoms. The first-order valence-corrected chi connectivity index (χ1v) is 9.52. The second-order valence-electron chi connectivity index (χ2n) is 6.72. The summed E-state index contributed by atoms with van der Waals surface area (Å²) in [6.45, 7) is 2.57. The van der Waals surface area contributed by atoms with Gasteiger partial charge in [-0.05, 0) is 37.6 Å². The van der Waals surface area contributed by atoms with Crippen LogP contribution in [0.1, 0.15) is 31.4 Å². The fourth-order valence-electron chi connectivity index (χ4n) is 3.28. The fourth-order valence-corrected chi connectivity index (χ4v) is 3.46. The molecule has 1 aromatic heterocycles. The van der Waals surface area contributed by atoms with Crippen LogP contribution in [-0.4, -0.2) is 51.5 Å². The average Bonchev–Trinajstić information content (AvgIpc) is 3.12. The van der Waals surface area contributed by atoms with Crippen LogP contribution in [0, 0.1) is 5.82 Å². The van der Waals surface area contributed by atoms with Crippen LogP contribution in [0.25, 0.3) is 5.69 Å². The Balaban J connectivity index is 1.63. The molecule has 0 bridgehead atoms. The van der Waals surface area contributed by atoms with Crippen molar-refractivity contribution < 1.29 is 9.18 Å². The number of carbonyl (C=O) groups is 1. The Hall–Kier alpha value is -2.03. The molecule has 1 aliphatic rings. The Labute approximate surface area is 162 Å². The topological polar surface area (TPSA) is 89.1 Å². The lowest BCUT2D eigenvalue weighted by Gasteiger charge is -2.35.